The highest BCUT2D eigenvalue weighted by atomic mass is 16.5. The lowest BCUT2D eigenvalue weighted by Crippen LogP contribution is -2.45. The number of allylic oxidation sites excluding steroid dienone is 3. The highest BCUT2D eigenvalue weighted by molar-refractivity contribution is 5.76. The molecule has 0 radical (unpaired) electrons. The van der Waals surface area contributed by atoms with Crippen molar-refractivity contribution in [2.45, 2.75) is 495 Å². The molecule has 0 heterocycles. The summed E-state index contributed by atoms with van der Waals surface area (Å²) in [6, 6.07) is -0.625. The number of ether oxygens (including phenoxy) is 1. The van der Waals surface area contributed by atoms with E-state index in [4.69, 9.17) is 4.74 Å². The van der Waals surface area contributed by atoms with E-state index in [2.05, 4.69) is 31.3 Å². The number of aliphatic hydroxyl groups excluding tert-OH is 2. The van der Waals surface area contributed by atoms with E-state index in [0.29, 0.717) is 19.4 Å². The van der Waals surface area contributed by atoms with Crippen LogP contribution in [0.4, 0.5) is 0 Å². The van der Waals surface area contributed by atoms with E-state index in [1.165, 1.54) is 417 Å². The fourth-order valence-electron chi connectivity index (χ4n) is 13.6. The second-order valence-electron chi connectivity index (χ2n) is 29.2. The van der Waals surface area contributed by atoms with Crippen molar-refractivity contribution in [3.63, 3.8) is 0 Å². The van der Waals surface area contributed by atoms with Crippen LogP contribution in [0.2, 0.25) is 0 Å². The molecule has 0 spiro atoms. The molecule has 0 rings (SSSR count). The summed E-state index contributed by atoms with van der Waals surface area (Å²) in [7, 11) is 0. The first-order valence-corrected chi connectivity index (χ1v) is 42.1. The maximum Gasteiger partial charge on any atom is 0.305 e. The van der Waals surface area contributed by atoms with Gasteiger partial charge in [-0.3, -0.25) is 9.59 Å². The van der Waals surface area contributed by atoms with Crippen LogP contribution in [-0.2, 0) is 14.3 Å². The monoisotopic (exact) mass is 1280 g/mol. The summed E-state index contributed by atoms with van der Waals surface area (Å²) >= 11 is 0. The Balaban J connectivity index is 3.32. The molecule has 2 unspecified atom stereocenters. The van der Waals surface area contributed by atoms with Gasteiger partial charge in [0.1, 0.15) is 0 Å². The van der Waals surface area contributed by atoms with Crippen LogP contribution in [-0.4, -0.2) is 47.4 Å². The van der Waals surface area contributed by atoms with E-state index >= 15 is 0 Å². The average molecular weight is 1280 g/mol. The zero-order valence-electron chi connectivity index (χ0n) is 62.1. The Bertz CT molecular complexity index is 1430. The third-order valence-corrected chi connectivity index (χ3v) is 20.0. The van der Waals surface area contributed by atoms with Crippen molar-refractivity contribution >= 4 is 11.9 Å². The molecule has 91 heavy (non-hydrogen) atoms. The fourth-order valence-corrected chi connectivity index (χ4v) is 13.6. The van der Waals surface area contributed by atoms with E-state index in [0.717, 1.165) is 38.5 Å². The van der Waals surface area contributed by atoms with Crippen molar-refractivity contribution in [3.8, 4) is 0 Å². The molecule has 0 aliphatic rings. The van der Waals surface area contributed by atoms with Gasteiger partial charge >= 0.3 is 5.97 Å². The highest BCUT2D eigenvalue weighted by Crippen LogP contribution is 2.21. The zero-order valence-corrected chi connectivity index (χ0v) is 62.1. The number of hydrogen-bond acceptors (Lipinski definition) is 5. The van der Waals surface area contributed by atoms with E-state index in [1.54, 1.807) is 6.08 Å². The van der Waals surface area contributed by atoms with Crippen molar-refractivity contribution in [1.29, 1.82) is 0 Å². The van der Waals surface area contributed by atoms with Crippen molar-refractivity contribution in [1.82, 2.24) is 5.32 Å². The molecular weight excluding hydrogens is 1110 g/mol. The number of amides is 1. The van der Waals surface area contributed by atoms with Gasteiger partial charge in [0.05, 0.1) is 25.4 Å². The third-order valence-electron chi connectivity index (χ3n) is 20.0. The number of esters is 1. The molecule has 6 heteroatoms. The maximum atomic E-state index is 12.6. The van der Waals surface area contributed by atoms with E-state index < -0.39 is 12.1 Å². The summed E-state index contributed by atoms with van der Waals surface area (Å²) in [5, 5.41) is 23.3. The van der Waals surface area contributed by atoms with Gasteiger partial charge in [0.25, 0.3) is 0 Å². The fraction of sp³-hybridized carbons (Fsp3) is 0.929. The molecule has 3 N–H and O–H groups in total. The van der Waals surface area contributed by atoms with Gasteiger partial charge in [-0.15, -0.1) is 0 Å². The Morgan fingerprint density at radius 1 is 0.297 bits per heavy atom. The molecule has 2 atom stereocenters. The van der Waals surface area contributed by atoms with Gasteiger partial charge in [-0.05, 0) is 57.8 Å². The summed E-state index contributed by atoms with van der Waals surface area (Å²) in [6.07, 6.45) is 105. The lowest BCUT2D eigenvalue weighted by Gasteiger charge is -2.20. The number of carbonyl (C=O) groups is 2. The Kier molecular flexibility index (Phi) is 79.3. The molecule has 0 bridgehead atoms. The van der Waals surface area contributed by atoms with Crippen LogP contribution in [0.25, 0.3) is 0 Å². The molecule has 540 valence electrons. The molecule has 0 aliphatic carbocycles. The molecule has 0 saturated carbocycles. The second kappa shape index (κ2) is 80.8. The predicted molar refractivity (Wildman–Crippen MR) is 403 cm³/mol. The van der Waals surface area contributed by atoms with Crippen LogP contribution < -0.4 is 5.32 Å². The van der Waals surface area contributed by atoms with E-state index in [1.807, 2.05) is 6.08 Å². The average Bonchev–Trinajstić information content (AvgIpc) is 3.74. The topological polar surface area (TPSA) is 95.9 Å². The van der Waals surface area contributed by atoms with Crippen molar-refractivity contribution in [3.05, 3.63) is 24.3 Å². The summed E-state index contributed by atoms with van der Waals surface area (Å²) in [5.74, 6) is -0.0369. The van der Waals surface area contributed by atoms with Gasteiger partial charge in [-0.25, -0.2) is 0 Å². The quantitative estimate of drug-likeness (QED) is 0.0320. The van der Waals surface area contributed by atoms with Gasteiger partial charge in [0.15, 0.2) is 0 Å². The van der Waals surface area contributed by atoms with Crippen LogP contribution >= 0.6 is 0 Å². The Hall–Kier alpha value is -1.66. The minimum Gasteiger partial charge on any atom is -0.466 e. The maximum absolute atomic E-state index is 12.6. The Morgan fingerprint density at radius 2 is 0.516 bits per heavy atom. The normalized spacial score (nSPS) is 12.5. The first-order valence-electron chi connectivity index (χ1n) is 42.1. The van der Waals surface area contributed by atoms with Gasteiger partial charge in [0, 0.05) is 12.8 Å². The first kappa shape index (κ1) is 89.3. The number of aliphatic hydroxyl groups is 2. The minimum atomic E-state index is -0.842. The molecule has 6 nitrogen and oxygen atoms in total. The molecule has 0 aliphatic heterocycles. The van der Waals surface area contributed by atoms with Gasteiger partial charge in [-0.2, -0.15) is 0 Å². The summed E-state index contributed by atoms with van der Waals surface area (Å²) in [6.45, 7) is 4.96. The molecule has 0 fully saturated rings. The Morgan fingerprint density at radius 3 is 0.780 bits per heavy atom. The second-order valence-corrected chi connectivity index (χ2v) is 29.2. The number of hydrogen-bond donors (Lipinski definition) is 3. The van der Waals surface area contributed by atoms with Crippen LogP contribution in [0.5, 0.6) is 0 Å². The summed E-state index contributed by atoms with van der Waals surface area (Å²) < 4.78 is 5.52. The van der Waals surface area contributed by atoms with Crippen molar-refractivity contribution < 1.29 is 24.5 Å². The SMILES string of the molecule is CCCCCCCCC/C=C\CCCCCCCCCC(=O)OCCCCCCCCCCCCCCCCCCCCCCCCCCCCCCCCCCCCCC(=O)NC(CO)C(O)/C=C/CCCCCCCCCCCCCCCCCCCCC. The van der Waals surface area contributed by atoms with E-state index in [9.17, 15) is 19.8 Å². The molecule has 0 saturated heterocycles. The lowest BCUT2D eigenvalue weighted by atomic mass is 10.0. The number of carbonyl (C=O) groups excluding carboxylic acids is 2. The smallest absolute Gasteiger partial charge is 0.305 e. The van der Waals surface area contributed by atoms with Crippen LogP contribution in [0, 0.1) is 0 Å². The number of unbranched alkanes of at least 4 members (excludes halogenated alkanes) is 67. The molecule has 1 amide bonds. The largest absolute Gasteiger partial charge is 0.466 e. The van der Waals surface area contributed by atoms with Gasteiger partial charge < -0.3 is 20.3 Å². The number of rotatable bonds is 80. The predicted octanol–water partition coefficient (Wildman–Crippen LogP) is 28.0. The van der Waals surface area contributed by atoms with Gasteiger partial charge in [0.2, 0.25) is 5.91 Å². The van der Waals surface area contributed by atoms with Gasteiger partial charge in [-0.1, -0.05) is 436 Å². The highest BCUT2D eigenvalue weighted by Gasteiger charge is 2.18. The lowest BCUT2D eigenvalue weighted by molar-refractivity contribution is -0.143. The number of nitrogens with one attached hydrogen (secondary N) is 1. The summed E-state index contributed by atoms with van der Waals surface area (Å²) in [5.41, 5.74) is 0. The molecule has 0 aromatic heterocycles. The van der Waals surface area contributed by atoms with Crippen molar-refractivity contribution in [2.24, 2.45) is 0 Å². The van der Waals surface area contributed by atoms with E-state index in [-0.39, 0.29) is 18.5 Å². The van der Waals surface area contributed by atoms with Crippen molar-refractivity contribution in [2.75, 3.05) is 13.2 Å². The molecular formula is C85H165NO5. The molecule has 0 aromatic rings. The standard InChI is InChI=1S/C85H165NO5/c1-3-5-7-9-11-13-15-17-19-21-23-39-42-45-49-53-57-61-65-69-73-77-83(88)82(81-87)86-84(89)78-74-70-66-62-58-54-50-46-43-40-37-35-33-31-29-27-25-24-26-28-30-32-34-36-38-41-44-48-52-56-60-64-68-72-76-80-91-85(90)79-75-71-67-63-59-55-51-47-22-20-18-16-14-12-10-8-6-4-2/h20,22,73,77,82-83,87-88H,3-19,21,23-72,74-76,78-81H2,1-2H3,(H,86,89)/b22-20-,77-73+. The van der Waals surface area contributed by atoms with Crippen LogP contribution in [0.1, 0.15) is 483 Å². The molecule has 0 aromatic carbocycles. The first-order chi connectivity index (χ1) is 45.0. The van der Waals surface area contributed by atoms with Crippen LogP contribution in [0.3, 0.4) is 0 Å². The summed E-state index contributed by atoms with van der Waals surface area (Å²) in [4.78, 5) is 24.7. The van der Waals surface area contributed by atoms with Crippen LogP contribution in [0.15, 0.2) is 24.3 Å². The minimum absolute atomic E-state index is 0.0206. The zero-order chi connectivity index (χ0) is 65.6. The Labute approximate surface area is 571 Å². The third kappa shape index (κ3) is 77.2.